The molecule has 2 amide bonds. The summed E-state index contributed by atoms with van der Waals surface area (Å²) in [5, 5.41) is 0. The molecule has 0 aliphatic carbocycles. The normalized spacial score (nSPS) is 10.6. The van der Waals surface area contributed by atoms with Gasteiger partial charge in [-0.3, -0.25) is 9.59 Å². The maximum absolute atomic E-state index is 12.6. The smallest absolute Gasteiger partial charge is 0.254 e. The van der Waals surface area contributed by atoms with Crippen LogP contribution in [-0.2, 0) is 4.79 Å². The molecular weight excluding hydrogens is 332 g/mol. The lowest BCUT2D eigenvalue weighted by atomic mass is 10.1. The third kappa shape index (κ3) is 6.24. The molecule has 6 heteroatoms. The number of amides is 2. The van der Waals surface area contributed by atoms with Gasteiger partial charge in [0.15, 0.2) is 11.5 Å². The van der Waals surface area contributed by atoms with E-state index in [1.54, 1.807) is 37.3 Å². The third-order valence-corrected chi connectivity index (χ3v) is 4.20. The summed E-state index contributed by atoms with van der Waals surface area (Å²) in [6.07, 6.45) is 0.944. The number of nitrogens with zero attached hydrogens (tertiary/aromatic N) is 2. The summed E-state index contributed by atoms with van der Waals surface area (Å²) in [6.45, 7) is 10.0. The molecule has 0 atom stereocenters. The van der Waals surface area contributed by atoms with Crippen molar-refractivity contribution in [2.75, 3.05) is 40.4 Å². The van der Waals surface area contributed by atoms with Crippen molar-refractivity contribution in [2.45, 2.75) is 34.1 Å². The van der Waals surface area contributed by atoms with Crippen LogP contribution >= 0.6 is 0 Å². The molecular formula is C20H32N2O4. The first kappa shape index (κ1) is 21.8. The first-order valence-corrected chi connectivity index (χ1v) is 9.18. The number of hydrogen-bond acceptors (Lipinski definition) is 4. The van der Waals surface area contributed by atoms with E-state index in [1.807, 2.05) is 13.8 Å². The average Bonchev–Trinajstić information content (AvgIpc) is 2.61. The Kier molecular flexibility index (Phi) is 8.96. The maximum Gasteiger partial charge on any atom is 0.254 e. The molecule has 0 unspecified atom stereocenters. The van der Waals surface area contributed by atoms with Gasteiger partial charge in [0.05, 0.1) is 20.3 Å². The molecule has 0 fully saturated rings. The van der Waals surface area contributed by atoms with Gasteiger partial charge in [-0.15, -0.1) is 0 Å². The predicted octanol–water partition coefficient (Wildman–Crippen LogP) is 3.06. The zero-order valence-corrected chi connectivity index (χ0v) is 16.9. The highest BCUT2D eigenvalue weighted by atomic mass is 16.5. The lowest BCUT2D eigenvalue weighted by Gasteiger charge is -2.23. The standard InChI is InChI=1S/C20H32N2O4/c1-7-22(8-2)19(23)14-21(5)20(24)16-9-10-17(18(13-16)25-6)26-12-11-15(3)4/h9-10,13,15H,7-8,11-12,14H2,1-6H3. The summed E-state index contributed by atoms with van der Waals surface area (Å²) >= 11 is 0. The lowest BCUT2D eigenvalue weighted by Crippen LogP contribution is -2.41. The highest BCUT2D eigenvalue weighted by molar-refractivity contribution is 5.96. The van der Waals surface area contributed by atoms with E-state index in [4.69, 9.17) is 9.47 Å². The number of likely N-dealkylation sites (N-methyl/N-ethyl adjacent to an activating group) is 2. The van der Waals surface area contributed by atoms with Crippen LogP contribution in [-0.4, -0.2) is 62.0 Å². The number of carbonyl (C=O) groups excluding carboxylic acids is 2. The molecule has 0 bridgehead atoms. The van der Waals surface area contributed by atoms with E-state index >= 15 is 0 Å². The first-order chi connectivity index (χ1) is 12.3. The largest absolute Gasteiger partial charge is 0.493 e. The minimum absolute atomic E-state index is 0.0511. The van der Waals surface area contributed by atoms with Crippen LogP contribution in [0.1, 0.15) is 44.5 Å². The highest BCUT2D eigenvalue weighted by Gasteiger charge is 2.19. The lowest BCUT2D eigenvalue weighted by molar-refractivity contribution is -0.131. The van der Waals surface area contributed by atoms with E-state index in [0.717, 1.165) is 6.42 Å². The molecule has 0 saturated carbocycles. The molecule has 6 nitrogen and oxygen atoms in total. The first-order valence-electron chi connectivity index (χ1n) is 9.18. The Labute approximate surface area is 157 Å². The Morgan fingerprint density at radius 1 is 1.12 bits per heavy atom. The predicted molar refractivity (Wildman–Crippen MR) is 103 cm³/mol. The molecule has 0 spiro atoms. The topological polar surface area (TPSA) is 59.1 Å². The number of hydrogen-bond donors (Lipinski definition) is 0. The quantitative estimate of drug-likeness (QED) is 0.640. The van der Waals surface area contributed by atoms with Crippen LogP contribution < -0.4 is 9.47 Å². The van der Waals surface area contributed by atoms with Crippen molar-refractivity contribution < 1.29 is 19.1 Å². The number of ether oxygens (including phenoxy) is 2. The average molecular weight is 364 g/mol. The summed E-state index contributed by atoms with van der Waals surface area (Å²) in [6, 6.07) is 5.10. The van der Waals surface area contributed by atoms with Gasteiger partial charge in [0.2, 0.25) is 5.91 Å². The summed E-state index contributed by atoms with van der Waals surface area (Å²) in [4.78, 5) is 27.9. The van der Waals surface area contributed by atoms with E-state index in [2.05, 4.69) is 13.8 Å². The van der Waals surface area contributed by atoms with Gasteiger partial charge in [0.1, 0.15) is 0 Å². The molecule has 146 valence electrons. The van der Waals surface area contributed by atoms with E-state index in [-0.39, 0.29) is 18.4 Å². The Hall–Kier alpha value is -2.24. The minimum atomic E-state index is -0.225. The van der Waals surface area contributed by atoms with Crippen LogP contribution in [0.5, 0.6) is 11.5 Å². The van der Waals surface area contributed by atoms with Gasteiger partial charge in [-0.2, -0.15) is 0 Å². The highest BCUT2D eigenvalue weighted by Crippen LogP contribution is 2.28. The molecule has 1 aromatic rings. The van der Waals surface area contributed by atoms with E-state index in [1.165, 1.54) is 4.90 Å². The molecule has 1 rings (SSSR count). The van der Waals surface area contributed by atoms with Crippen LogP contribution in [0.15, 0.2) is 18.2 Å². The monoisotopic (exact) mass is 364 g/mol. The van der Waals surface area contributed by atoms with Gasteiger partial charge in [0.25, 0.3) is 5.91 Å². The van der Waals surface area contributed by atoms with Gasteiger partial charge >= 0.3 is 0 Å². The van der Waals surface area contributed by atoms with Crippen LogP contribution in [0.3, 0.4) is 0 Å². The van der Waals surface area contributed by atoms with Gasteiger partial charge < -0.3 is 19.3 Å². The van der Waals surface area contributed by atoms with Crippen LogP contribution in [0.25, 0.3) is 0 Å². The Balaban J connectivity index is 2.81. The van der Waals surface area contributed by atoms with Gasteiger partial charge in [-0.05, 0) is 44.4 Å². The summed E-state index contributed by atoms with van der Waals surface area (Å²) in [5.74, 6) is 1.40. The second kappa shape index (κ2) is 10.7. The maximum atomic E-state index is 12.6. The van der Waals surface area contributed by atoms with Crippen molar-refractivity contribution in [2.24, 2.45) is 5.92 Å². The molecule has 1 aromatic carbocycles. The molecule has 0 aliphatic rings. The zero-order valence-electron chi connectivity index (χ0n) is 16.9. The molecule has 0 aromatic heterocycles. The number of rotatable bonds is 10. The molecule has 0 aliphatic heterocycles. The second-order valence-electron chi connectivity index (χ2n) is 6.62. The Morgan fingerprint density at radius 3 is 2.31 bits per heavy atom. The van der Waals surface area contributed by atoms with Gasteiger partial charge in [-0.25, -0.2) is 0 Å². The van der Waals surface area contributed by atoms with Crippen LogP contribution in [0.4, 0.5) is 0 Å². The molecule has 0 heterocycles. The number of carbonyl (C=O) groups is 2. The SMILES string of the molecule is CCN(CC)C(=O)CN(C)C(=O)c1ccc(OCCC(C)C)c(OC)c1. The van der Waals surface area contributed by atoms with Crippen molar-refractivity contribution in [3.05, 3.63) is 23.8 Å². The molecule has 0 radical (unpaired) electrons. The second-order valence-corrected chi connectivity index (χ2v) is 6.62. The van der Waals surface area contributed by atoms with E-state index in [9.17, 15) is 9.59 Å². The summed E-state index contributed by atoms with van der Waals surface area (Å²) < 4.78 is 11.1. The summed E-state index contributed by atoms with van der Waals surface area (Å²) in [5.41, 5.74) is 0.466. The van der Waals surface area contributed by atoms with Crippen molar-refractivity contribution in [1.82, 2.24) is 9.80 Å². The fourth-order valence-electron chi connectivity index (χ4n) is 2.50. The van der Waals surface area contributed by atoms with E-state index < -0.39 is 0 Å². The van der Waals surface area contributed by atoms with Crippen molar-refractivity contribution >= 4 is 11.8 Å². The fourth-order valence-corrected chi connectivity index (χ4v) is 2.50. The van der Waals surface area contributed by atoms with Crippen molar-refractivity contribution in [1.29, 1.82) is 0 Å². The molecule has 26 heavy (non-hydrogen) atoms. The van der Waals surface area contributed by atoms with Crippen molar-refractivity contribution in [3.63, 3.8) is 0 Å². The third-order valence-electron chi connectivity index (χ3n) is 4.20. The minimum Gasteiger partial charge on any atom is -0.493 e. The van der Waals surface area contributed by atoms with Gasteiger partial charge in [-0.1, -0.05) is 13.8 Å². The van der Waals surface area contributed by atoms with Crippen LogP contribution in [0, 0.1) is 5.92 Å². The van der Waals surface area contributed by atoms with Crippen molar-refractivity contribution in [3.8, 4) is 11.5 Å². The van der Waals surface area contributed by atoms with E-state index in [0.29, 0.717) is 42.7 Å². The fraction of sp³-hybridized carbons (Fsp3) is 0.600. The Bertz CT molecular complexity index is 597. The number of benzene rings is 1. The van der Waals surface area contributed by atoms with Gasteiger partial charge in [0, 0.05) is 25.7 Å². The zero-order chi connectivity index (χ0) is 19.7. The van der Waals surface area contributed by atoms with Crippen LogP contribution in [0.2, 0.25) is 0 Å². The number of methoxy groups -OCH3 is 1. The Morgan fingerprint density at radius 2 is 1.77 bits per heavy atom. The molecule has 0 N–H and O–H groups in total. The summed E-state index contributed by atoms with van der Waals surface area (Å²) in [7, 11) is 3.18. The molecule has 0 saturated heterocycles.